The summed E-state index contributed by atoms with van der Waals surface area (Å²) in [5, 5.41) is 0. The van der Waals surface area contributed by atoms with E-state index in [1.807, 2.05) is 0 Å². The first-order valence-electron chi connectivity index (χ1n) is 6.05. The Morgan fingerprint density at radius 1 is 1.39 bits per heavy atom. The number of ether oxygens (including phenoxy) is 2. The second-order valence-electron chi connectivity index (χ2n) is 5.23. The molecule has 2 unspecified atom stereocenters. The third-order valence-corrected chi connectivity index (χ3v) is 3.10. The van der Waals surface area contributed by atoms with Crippen molar-refractivity contribution in [2.24, 2.45) is 0 Å². The molecule has 0 bridgehead atoms. The van der Waals surface area contributed by atoms with Crippen LogP contribution in [0.3, 0.4) is 0 Å². The normalized spacial score (nSPS) is 23.9. The average molecular weight is 322 g/mol. The molecule has 1 rings (SSSR count). The van der Waals surface area contributed by atoms with Crippen LogP contribution in [0.15, 0.2) is 0 Å². The molecule has 0 aromatic carbocycles. The molecule has 104 valence electrons. The molecule has 0 aromatic heterocycles. The number of carbonyl (C=O) groups is 2. The number of alkyl halides is 1. The summed E-state index contributed by atoms with van der Waals surface area (Å²) in [4.78, 5) is 25.3. The Labute approximate surface area is 116 Å². The van der Waals surface area contributed by atoms with Gasteiger partial charge in [0.25, 0.3) is 0 Å². The van der Waals surface area contributed by atoms with Gasteiger partial charge >= 0.3 is 12.1 Å². The Kier molecular flexibility index (Phi) is 5.01. The molecule has 2 atom stereocenters. The molecule has 1 aliphatic rings. The van der Waals surface area contributed by atoms with Crippen LogP contribution in [-0.2, 0) is 14.3 Å². The highest BCUT2D eigenvalue weighted by molar-refractivity contribution is 9.09. The van der Waals surface area contributed by atoms with Gasteiger partial charge < -0.3 is 9.47 Å². The van der Waals surface area contributed by atoms with Gasteiger partial charge in [0.2, 0.25) is 0 Å². The van der Waals surface area contributed by atoms with Gasteiger partial charge in [0, 0.05) is 11.4 Å². The van der Waals surface area contributed by atoms with Crippen molar-refractivity contribution in [3.05, 3.63) is 0 Å². The van der Waals surface area contributed by atoms with E-state index in [0.29, 0.717) is 19.6 Å². The molecule has 0 aliphatic carbocycles. The number of nitrogens with zero attached hydrogens (tertiary/aromatic N) is 1. The van der Waals surface area contributed by atoms with Gasteiger partial charge in [-0.25, -0.2) is 9.59 Å². The maximum Gasteiger partial charge on any atom is 0.411 e. The van der Waals surface area contributed by atoms with Gasteiger partial charge in [-0.15, -0.1) is 0 Å². The minimum absolute atomic E-state index is 0.0967. The van der Waals surface area contributed by atoms with E-state index in [4.69, 9.17) is 9.47 Å². The van der Waals surface area contributed by atoms with Gasteiger partial charge in [0.15, 0.2) is 0 Å². The summed E-state index contributed by atoms with van der Waals surface area (Å²) in [5.74, 6) is -0.370. The zero-order valence-corrected chi connectivity index (χ0v) is 12.8. The van der Waals surface area contributed by atoms with Crippen LogP contribution in [0.25, 0.3) is 0 Å². The lowest BCUT2D eigenvalue weighted by Gasteiger charge is -2.27. The number of esters is 1. The van der Waals surface area contributed by atoms with Crippen LogP contribution in [0.4, 0.5) is 4.79 Å². The zero-order valence-electron chi connectivity index (χ0n) is 11.2. The SMILES string of the molecule is CCOC(=O)C1CC(Br)CN1C(=O)OC(C)(C)C. The highest BCUT2D eigenvalue weighted by Gasteiger charge is 2.41. The third-order valence-electron chi connectivity index (χ3n) is 2.44. The second-order valence-corrected chi connectivity index (χ2v) is 6.53. The number of carbonyl (C=O) groups excluding carboxylic acids is 2. The Hall–Kier alpha value is -0.780. The van der Waals surface area contributed by atoms with E-state index in [9.17, 15) is 9.59 Å². The molecule has 1 saturated heterocycles. The van der Waals surface area contributed by atoms with Crippen LogP contribution in [0.1, 0.15) is 34.1 Å². The molecule has 1 fully saturated rings. The van der Waals surface area contributed by atoms with Crippen molar-refractivity contribution in [2.45, 2.75) is 50.6 Å². The molecule has 0 N–H and O–H groups in total. The standard InChI is InChI=1S/C12H20BrNO4/c1-5-17-10(15)9-6-8(13)7-14(9)11(16)18-12(2,3)4/h8-9H,5-7H2,1-4H3. The molecule has 6 heteroatoms. The zero-order chi connectivity index (χ0) is 13.9. The predicted octanol–water partition coefficient (Wildman–Crippen LogP) is 2.32. The van der Waals surface area contributed by atoms with Crippen molar-refractivity contribution in [3.8, 4) is 0 Å². The molecule has 18 heavy (non-hydrogen) atoms. The lowest BCUT2D eigenvalue weighted by molar-refractivity contribution is -0.148. The molecule has 0 radical (unpaired) electrons. The fourth-order valence-electron chi connectivity index (χ4n) is 1.77. The van der Waals surface area contributed by atoms with E-state index in [1.54, 1.807) is 27.7 Å². The molecular formula is C12H20BrNO4. The van der Waals surface area contributed by atoms with Crippen molar-refractivity contribution in [2.75, 3.05) is 13.2 Å². The maximum absolute atomic E-state index is 12.0. The molecule has 0 saturated carbocycles. The van der Waals surface area contributed by atoms with Gasteiger partial charge in [-0.05, 0) is 34.1 Å². The summed E-state index contributed by atoms with van der Waals surface area (Å²) in [7, 11) is 0. The number of likely N-dealkylation sites (tertiary alicyclic amines) is 1. The fourth-order valence-corrected chi connectivity index (χ4v) is 2.44. The van der Waals surface area contributed by atoms with Gasteiger partial charge in [-0.2, -0.15) is 0 Å². The summed E-state index contributed by atoms with van der Waals surface area (Å²) in [5.41, 5.74) is -0.569. The molecule has 0 spiro atoms. The first kappa shape index (κ1) is 15.3. The first-order chi connectivity index (χ1) is 8.24. The summed E-state index contributed by atoms with van der Waals surface area (Å²) in [6.07, 6.45) is 0.0837. The summed E-state index contributed by atoms with van der Waals surface area (Å²) < 4.78 is 10.3. The van der Waals surface area contributed by atoms with E-state index in [1.165, 1.54) is 4.90 Å². The second kappa shape index (κ2) is 5.91. The highest BCUT2D eigenvalue weighted by atomic mass is 79.9. The van der Waals surface area contributed by atoms with E-state index >= 15 is 0 Å². The van der Waals surface area contributed by atoms with Crippen LogP contribution < -0.4 is 0 Å². The van der Waals surface area contributed by atoms with Crippen LogP contribution in [0.2, 0.25) is 0 Å². The van der Waals surface area contributed by atoms with Gasteiger partial charge in [0.05, 0.1) is 6.61 Å². The topological polar surface area (TPSA) is 55.8 Å². The van der Waals surface area contributed by atoms with Crippen molar-refractivity contribution < 1.29 is 19.1 Å². The number of rotatable bonds is 2. The Morgan fingerprint density at radius 3 is 2.50 bits per heavy atom. The van der Waals surface area contributed by atoms with Crippen LogP contribution in [0, 0.1) is 0 Å². The average Bonchev–Trinajstić information content (AvgIpc) is 2.58. The lowest BCUT2D eigenvalue weighted by Crippen LogP contribution is -2.44. The van der Waals surface area contributed by atoms with E-state index in [-0.39, 0.29) is 10.8 Å². The Balaban J connectivity index is 2.72. The van der Waals surface area contributed by atoms with Crippen molar-refractivity contribution in [1.82, 2.24) is 4.90 Å². The molecule has 5 nitrogen and oxygen atoms in total. The number of halogens is 1. The largest absolute Gasteiger partial charge is 0.464 e. The number of hydrogen-bond donors (Lipinski definition) is 0. The van der Waals surface area contributed by atoms with E-state index in [0.717, 1.165) is 0 Å². The van der Waals surface area contributed by atoms with Crippen LogP contribution in [0.5, 0.6) is 0 Å². The van der Waals surface area contributed by atoms with Crippen molar-refractivity contribution >= 4 is 28.0 Å². The summed E-state index contributed by atoms with van der Waals surface area (Å²) in [6, 6.07) is -0.552. The smallest absolute Gasteiger partial charge is 0.411 e. The van der Waals surface area contributed by atoms with E-state index < -0.39 is 17.7 Å². The molecule has 1 amide bonds. The molecular weight excluding hydrogens is 302 g/mol. The Morgan fingerprint density at radius 2 is 2.00 bits per heavy atom. The third kappa shape index (κ3) is 4.15. The fraction of sp³-hybridized carbons (Fsp3) is 0.833. The monoisotopic (exact) mass is 321 g/mol. The van der Waals surface area contributed by atoms with Gasteiger partial charge in [-0.1, -0.05) is 15.9 Å². The number of amides is 1. The molecule has 1 heterocycles. The van der Waals surface area contributed by atoms with Crippen molar-refractivity contribution in [3.63, 3.8) is 0 Å². The van der Waals surface area contributed by atoms with E-state index in [2.05, 4.69) is 15.9 Å². The first-order valence-corrected chi connectivity index (χ1v) is 6.96. The van der Waals surface area contributed by atoms with Crippen LogP contribution >= 0.6 is 15.9 Å². The Bertz CT molecular complexity index is 327. The van der Waals surface area contributed by atoms with Gasteiger partial charge in [-0.3, -0.25) is 4.90 Å². The minimum Gasteiger partial charge on any atom is -0.464 e. The maximum atomic E-state index is 12.0. The van der Waals surface area contributed by atoms with Crippen molar-refractivity contribution in [1.29, 1.82) is 0 Å². The minimum atomic E-state index is -0.569. The quantitative estimate of drug-likeness (QED) is 0.578. The molecule has 0 aromatic rings. The van der Waals surface area contributed by atoms with Crippen LogP contribution in [-0.4, -0.2) is 46.6 Å². The lowest BCUT2D eigenvalue weighted by atomic mass is 10.2. The summed E-state index contributed by atoms with van der Waals surface area (Å²) in [6.45, 7) is 7.91. The summed E-state index contributed by atoms with van der Waals surface area (Å²) >= 11 is 3.43. The highest BCUT2D eigenvalue weighted by Crippen LogP contribution is 2.26. The predicted molar refractivity (Wildman–Crippen MR) is 70.7 cm³/mol. The number of hydrogen-bond acceptors (Lipinski definition) is 4. The van der Waals surface area contributed by atoms with Gasteiger partial charge in [0.1, 0.15) is 11.6 Å². The molecule has 1 aliphatic heterocycles.